The lowest BCUT2D eigenvalue weighted by atomic mass is 10.1. The topological polar surface area (TPSA) is 78.5 Å². The van der Waals surface area contributed by atoms with Gasteiger partial charge < -0.3 is 10.2 Å². The van der Waals surface area contributed by atoms with Crippen molar-refractivity contribution in [3.63, 3.8) is 0 Å². The first-order valence-electron chi connectivity index (χ1n) is 10.6. The van der Waals surface area contributed by atoms with E-state index in [4.69, 9.17) is 0 Å². The van der Waals surface area contributed by atoms with Gasteiger partial charge in [0, 0.05) is 36.1 Å². The molecule has 1 unspecified atom stereocenters. The smallest absolute Gasteiger partial charge is 0.261 e. The maximum absolute atomic E-state index is 12.9. The molecule has 2 N–H and O–H groups in total. The number of hydrogen-bond donors (Lipinski definition) is 2. The molecule has 1 aliphatic heterocycles. The molecular formula is C25H27N3O3S. The molecule has 0 saturated carbocycles. The SMILES string of the molecule is Cc1ccc(NS(=O)(=O)c2ccc(C(=O)N3CCC(Nc4ccccc4)C3)cc2)cc1C. The van der Waals surface area contributed by atoms with E-state index in [9.17, 15) is 13.2 Å². The monoisotopic (exact) mass is 449 g/mol. The number of benzene rings is 3. The van der Waals surface area contributed by atoms with Gasteiger partial charge in [0.1, 0.15) is 0 Å². The van der Waals surface area contributed by atoms with Crippen molar-refractivity contribution in [1.29, 1.82) is 0 Å². The molecule has 32 heavy (non-hydrogen) atoms. The summed E-state index contributed by atoms with van der Waals surface area (Å²) in [5, 5.41) is 3.46. The number of aryl methyl sites for hydroxylation is 2. The van der Waals surface area contributed by atoms with Crippen LogP contribution in [0.4, 0.5) is 11.4 Å². The van der Waals surface area contributed by atoms with E-state index in [1.54, 1.807) is 29.2 Å². The Morgan fingerprint density at radius 1 is 0.906 bits per heavy atom. The van der Waals surface area contributed by atoms with Gasteiger partial charge in [0.2, 0.25) is 0 Å². The standard InChI is InChI=1S/C25H27N3O3S/c1-18-8-11-22(16-19(18)2)27-32(30,31)24-12-9-20(10-13-24)25(29)28-15-14-23(17-28)26-21-6-4-3-5-7-21/h3-13,16,23,26-27H,14-15,17H2,1-2H3. The van der Waals surface area contributed by atoms with Crippen LogP contribution in [0.3, 0.4) is 0 Å². The van der Waals surface area contributed by atoms with Crippen molar-refractivity contribution in [2.75, 3.05) is 23.1 Å². The minimum atomic E-state index is -3.73. The molecule has 1 amide bonds. The summed E-state index contributed by atoms with van der Waals surface area (Å²) in [6, 6.07) is 21.7. The molecule has 1 atom stereocenters. The molecule has 1 saturated heterocycles. The molecular weight excluding hydrogens is 422 g/mol. The molecule has 1 aliphatic rings. The zero-order valence-electron chi connectivity index (χ0n) is 18.2. The van der Waals surface area contributed by atoms with Crippen LogP contribution >= 0.6 is 0 Å². The predicted molar refractivity (Wildman–Crippen MR) is 128 cm³/mol. The first-order valence-corrected chi connectivity index (χ1v) is 12.1. The second kappa shape index (κ2) is 9.04. The highest BCUT2D eigenvalue weighted by Gasteiger charge is 2.27. The van der Waals surface area contributed by atoms with Crippen LogP contribution in [-0.4, -0.2) is 38.4 Å². The lowest BCUT2D eigenvalue weighted by molar-refractivity contribution is 0.0791. The molecule has 0 aromatic heterocycles. The fraction of sp³-hybridized carbons (Fsp3) is 0.240. The Morgan fingerprint density at radius 2 is 1.62 bits per heavy atom. The largest absolute Gasteiger partial charge is 0.380 e. The number of amides is 1. The summed E-state index contributed by atoms with van der Waals surface area (Å²) < 4.78 is 28.1. The number of rotatable bonds is 6. The number of carbonyl (C=O) groups is 1. The summed E-state index contributed by atoms with van der Waals surface area (Å²) in [5.41, 5.74) is 4.14. The van der Waals surface area contributed by atoms with Crippen LogP contribution in [0.25, 0.3) is 0 Å². The molecule has 1 fully saturated rings. The molecule has 166 valence electrons. The minimum Gasteiger partial charge on any atom is -0.380 e. The Kier molecular flexibility index (Phi) is 6.19. The van der Waals surface area contributed by atoms with Crippen molar-refractivity contribution in [3.05, 3.63) is 89.5 Å². The summed E-state index contributed by atoms with van der Waals surface area (Å²) in [6.07, 6.45) is 0.868. The number of para-hydroxylation sites is 1. The number of sulfonamides is 1. The number of hydrogen-bond acceptors (Lipinski definition) is 4. The summed E-state index contributed by atoms with van der Waals surface area (Å²) in [4.78, 5) is 14.8. The van der Waals surface area contributed by atoms with E-state index in [1.807, 2.05) is 50.2 Å². The molecule has 0 radical (unpaired) electrons. The minimum absolute atomic E-state index is 0.0894. The van der Waals surface area contributed by atoms with Crippen LogP contribution in [0, 0.1) is 13.8 Å². The van der Waals surface area contributed by atoms with Crippen LogP contribution < -0.4 is 10.0 Å². The van der Waals surface area contributed by atoms with Gasteiger partial charge in [-0.2, -0.15) is 0 Å². The molecule has 0 bridgehead atoms. The van der Waals surface area contributed by atoms with Gasteiger partial charge in [-0.15, -0.1) is 0 Å². The van der Waals surface area contributed by atoms with Gasteiger partial charge in [0.05, 0.1) is 4.90 Å². The second-order valence-corrected chi connectivity index (χ2v) is 9.86. The second-order valence-electron chi connectivity index (χ2n) is 8.18. The van der Waals surface area contributed by atoms with Crippen molar-refractivity contribution < 1.29 is 13.2 Å². The van der Waals surface area contributed by atoms with E-state index in [-0.39, 0.29) is 16.8 Å². The van der Waals surface area contributed by atoms with Crippen LogP contribution in [-0.2, 0) is 10.0 Å². The van der Waals surface area contributed by atoms with E-state index < -0.39 is 10.0 Å². The van der Waals surface area contributed by atoms with Gasteiger partial charge in [0.25, 0.3) is 15.9 Å². The highest BCUT2D eigenvalue weighted by Crippen LogP contribution is 2.21. The number of anilines is 2. The number of likely N-dealkylation sites (tertiary alicyclic amines) is 1. The highest BCUT2D eigenvalue weighted by atomic mass is 32.2. The Bertz CT molecular complexity index is 1210. The van der Waals surface area contributed by atoms with Crippen molar-refractivity contribution in [2.24, 2.45) is 0 Å². The Morgan fingerprint density at radius 3 is 2.31 bits per heavy atom. The quantitative estimate of drug-likeness (QED) is 0.584. The number of nitrogens with zero attached hydrogens (tertiary/aromatic N) is 1. The maximum Gasteiger partial charge on any atom is 0.261 e. The highest BCUT2D eigenvalue weighted by molar-refractivity contribution is 7.92. The van der Waals surface area contributed by atoms with Gasteiger partial charge in [-0.05, 0) is 79.9 Å². The van der Waals surface area contributed by atoms with Gasteiger partial charge in [-0.25, -0.2) is 8.42 Å². The molecule has 7 heteroatoms. The lowest BCUT2D eigenvalue weighted by Gasteiger charge is -2.18. The normalized spacial score (nSPS) is 16.1. The zero-order valence-corrected chi connectivity index (χ0v) is 19.0. The molecule has 3 aromatic rings. The van der Waals surface area contributed by atoms with E-state index in [2.05, 4.69) is 10.0 Å². The summed E-state index contributed by atoms with van der Waals surface area (Å²) in [6.45, 7) is 5.19. The van der Waals surface area contributed by atoms with Gasteiger partial charge in [-0.3, -0.25) is 9.52 Å². The van der Waals surface area contributed by atoms with E-state index in [1.165, 1.54) is 12.1 Å². The first-order chi connectivity index (χ1) is 15.3. The zero-order chi connectivity index (χ0) is 22.7. The van der Waals surface area contributed by atoms with E-state index >= 15 is 0 Å². The van der Waals surface area contributed by atoms with Crippen LogP contribution in [0.15, 0.2) is 77.7 Å². The third-order valence-electron chi connectivity index (χ3n) is 5.79. The van der Waals surface area contributed by atoms with Crippen LogP contribution in [0.5, 0.6) is 0 Å². The van der Waals surface area contributed by atoms with Gasteiger partial charge in [0.15, 0.2) is 0 Å². The fourth-order valence-electron chi connectivity index (χ4n) is 3.81. The molecule has 0 aliphatic carbocycles. The van der Waals surface area contributed by atoms with Gasteiger partial charge in [-0.1, -0.05) is 24.3 Å². The fourth-order valence-corrected chi connectivity index (χ4v) is 4.86. The molecule has 0 spiro atoms. The third kappa shape index (κ3) is 4.94. The Labute approximate surface area is 189 Å². The van der Waals surface area contributed by atoms with Crippen LogP contribution in [0.1, 0.15) is 27.9 Å². The first kappa shape index (κ1) is 21.9. The van der Waals surface area contributed by atoms with Crippen molar-refractivity contribution in [2.45, 2.75) is 31.2 Å². The third-order valence-corrected chi connectivity index (χ3v) is 7.19. The summed E-state index contributed by atoms with van der Waals surface area (Å²) in [5.74, 6) is -0.0894. The maximum atomic E-state index is 12.9. The van der Waals surface area contributed by atoms with Gasteiger partial charge >= 0.3 is 0 Å². The molecule has 1 heterocycles. The molecule has 3 aromatic carbocycles. The van der Waals surface area contributed by atoms with Crippen molar-refractivity contribution >= 4 is 27.3 Å². The molecule has 6 nitrogen and oxygen atoms in total. The number of carbonyl (C=O) groups excluding carboxylic acids is 1. The Hall–Kier alpha value is -3.32. The van der Waals surface area contributed by atoms with Crippen LogP contribution in [0.2, 0.25) is 0 Å². The molecule has 4 rings (SSSR count). The Balaban J connectivity index is 1.40. The summed E-state index contributed by atoms with van der Waals surface area (Å²) in [7, 11) is -3.73. The lowest BCUT2D eigenvalue weighted by Crippen LogP contribution is -2.31. The van der Waals surface area contributed by atoms with E-state index in [0.717, 1.165) is 23.2 Å². The van der Waals surface area contributed by atoms with Crippen molar-refractivity contribution in [3.8, 4) is 0 Å². The van der Waals surface area contributed by atoms with Crippen molar-refractivity contribution in [1.82, 2.24) is 4.90 Å². The average molecular weight is 450 g/mol. The summed E-state index contributed by atoms with van der Waals surface area (Å²) >= 11 is 0. The predicted octanol–water partition coefficient (Wildman–Crippen LogP) is 4.43. The average Bonchev–Trinajstić information content (AvgIpc) is 3.25. The van der Waals surface area contributed by atoms with E-state index in [0.29, 0.717) is 24.3 Å². The number of nitrogens with one attached hydrogen (secondary N) is 2.